The molecule has 0 saturated heterocycles. The summed E-state index contributed by atoms with van der Waals surface area (Å²) in [7, 11) is 1.31. The predicted octanol–water partition coefficient (Wildman–Crippen LogP) is 3.76. The third-order valence-corrected chi connectivity index (χ3v) is 3.86. The number of hydrogen-bond donors (Lipinski definition) is 1. The molecule has 0 spiro atoms. The van der Waals surface area contributed by atoms with Crippen molar-refractivity contribution in [3.63, 3.8) is 0 Å². The summed E-state index contributed by atoms with van der Waals surface area (Å²) in [6, 6.07) is 10.1. The Morgan fingerprint density at radius 2 is 1.83 bits per heavy atom. The molecule has 0 fully saturated rings. The van der Waals surface area contributed by atoms with Gasteiger partial charge in [0, 0.05) is 10.7 Å². The molecular formula is C18H18ClNO4. The van der Waals surface area contributed by atoms with Gasteiger partial charge in [0.25, 0.3) is 5.91 Å². The van der Waals surface area contributed by atoms with Gasteiger partial charge < -0.3 is 14.8 Å². The van der Waals surface area contributed by atoms with Crippen molar-refractivity contribution in [3.8, 4) is 5.75 Å². The average Bonchev–Trinajstić information content (AvgIpc) is 2.57. The maximum atomic E-state index is 12.1. The molecule has 0 aliphatic heterocycles. The quantitative estimate of drug-likeness (QED) is 0.836. The molecule has 24 heavy (non-hydrogen) atoms. The van der Waals surface area contributed by atoms with E-state index in [0.717, 1.165) is 11.1 Å². The van der Waals surface area contributed by atoms with E-state index in [-0.39, 0.29) is 12.5 Å². The van der Waals surface area contributed by atoms with E-state index in [1.165, 1.54) is 7.11 Å². The van der Waals surface area contributed by atoms with Gasteiger partial charge in [-0.15, -0.1) is 0 Å². The fourth-order valence-electron chi connectivity index (χ4n) is 2.04. The number of hydrogen-bond acceptors (Lipinski definition) is 4. The molecular weight excluding hydrogens is 330 g/mol. The molecule has 0 saturated carbocycles. The highest BCUT2D eigenvalue weighted by atomic mass is 35.5. The Morgan fingerprint density at radius 3 is 2.50 bits per heavy atom. The van der Waals surface area contributed by atoms with Crippen LogP contribution >= 0.6 is 11.6 Å². The lowest BCUT2D eigenvalue weighted by molar-refractivity contribution is -0.118. The molecule has 0 aliphatic rings. The van der Waals surface area contributed by atoms with Crippen molar-refractivity contribution in [2.75, 3.05) is 19.0 Å². The lowest BCUT2D eigenvalue weighted by atomic mass is 10.1. The fraction of sp³-hybridized carbons (Fsp3) is 0.222. The van der Waals surface area contributed by atoms with E-state index in [1.807, 2.05) is 13.8 Å². The minimum absolute atomic E-state index is 0.150. The molecule has 2 rings (SSSR count). The van der Waals surface area contributed by atoms with Gasteiger partial charge in [0.1, 0.15) is 5.75 Å². The first-order chi connectivity index (χ1) is 11.4. The van der Waals surface area contributed by atoms with Crippen LogP contribution in [0.15, 0.2) is 36.4 Å². The summed E-state index contributed by atoms with van der Waals surface area (Å²) in [5.41, 5.74) is 2.61. The number of esters is 1. The Labute approximate surface area is 145 Å². The van der Waals surface area contributed by atoms with Gasteiger partial charge in [-0.2, -0.15) is 0 Å². The summed E-state index contributed by atoms with van der Waals surface area (Å²) in [4.78, 5) is 23.6. The van der Waals surface area contributed by atoms with E-state index in [1.54, 1.807) is 36.4 Å². The van der Waals surface area contributed by atoms with Gasteiger partial charge in [-0.1, -0.05) is 17.7 Å². The number of aryl methyl sites for hydroxylation is 2. The monoisotopic (exact) mass is 347 g/mol. The van der Waals surface area contributed by atoms with Gasteiger partial charge in [-0.3, -0.25) is 4.79 Å². The van der Waals surface area contributed by atoms with Crippen molar-refractivity contribution in [2.24, 2.45) is 0 Å². The van der Waals surface area contributed by atoms with Crippen molar-refractivity contribution >= 4 is 29.2 Å². The van der Waals surface area contributed by atoms with Crippen LogP contribution in [0.4, 0.5) is 5.69 Å². The molecule has 6 heteroatoms. The second-order valence-corrected chi connectivity index (χ2v) is 5.68. The zero-order valence-electron chi connectivity index (χ0n) is 13.7. The topological polar surface area (TPSA) is 64.6 Å². The molecule has 2 aromatic rings. The molecule has 0 aliphatic carbocycles. The van der Waals surface area contributed by atoms with Crippen molar-refractivity contribution in [1.82, 2.24) is 0 Å². The van der Waals surface area contributed by atoms with Gasteiger partial charge in [0.15, 0.2) is 6.61 Å². The highest BCUT2D eigenvalue weighted by Gasteiger charge is 2.11. The van der Waals surface area contributed by atoms with Gasteiger partial charge in [-0.05, 0) is 55.3 Å². The maximum Gasteiger partial charge on any atom is 0.337 e. The SMILES string of the molecule is COC(=O)c1ccc(C)c(NC(=O)COc2ccc(Cl)c(C)c2)c1. The van der Waals surface area contributed by atoms with Crippen molar-refractivity contribution in [2.45, 2.75) is 13.8 Å². The second kappa shape index (κ2) is 7.84. The van der Waals surface area contributed by atoms with Crippen LogP contribution in [0.2, 0.25) is 5.02 Å². The third-order valence-electron chi connectivity index (χ3n) is 3.43. The van der Waals surface area contributed by atoms with Crippen LogP contribution in [0.3, 0.4) is 0 Å². The molecule has 0 aromatic heterocycles. The van der Waals surface area contributed by atoms with E-state index in [9.17, 15) is 9.59 Å². The summed E-state index contributed by atoms with van der Waals surface area (Å²) in [5.74, 6) is -0.224. The Morgan fingerprint density at radius 1 is 1.08 bits per heavy atom. The number of halogens is 1. The number of nitrogens with one attached hydrogen (secondary N) is 1. The number of ether oxygens (including phenoxy) is 2. The summed E-state index contributed by atoms with van der Waals surface area (Å²) in [5, 5.41) is 3.37. The number of rotatable bonds is 5. The molecule has 0 unspecified atom stereocenters. The number of amides is 1. The van der Waals surface area contributed by atoms with E-state index >= 15 is 0 Å². The van der Waals surface area contributed by atoms with Gasteiger partial charge in [0.05, 0.1) is 12.7 Å². The molecule has 2 aromatic carbocycles. The maximum absolute atomic E-state index is 12.1. The van der Waals surface area contributed by atoms with Crippen LogP contribution in [0.5, 0.6) is 5.75 Å². The van der Waals surface area contributed by atoms with Gasteiger partial charge in [0.2, 0.25) is 0 Å². The van der Waals surface area contributed by atoms with E-state index < -0.39 is 5.97 Å². The van der Waals surface area contributed by atoms with Gasteiger partial charge >= 0.3 is 5.97 Å². The summed E-state index contributed by atoms with van der Waals surface area (Å²) in [6.07, 6.45) is 0. The van der Waals surface area contributed by atoms with Crippen LogP contribution in [0.1, 0.15) is 21.5 Å². The lowest BCUT2D eigenvalue weighted by Gasteiger charge is -2.11. The zero-order valence-corrected chi connectivity index (χ0v) is 14.4. The fourth-order valence-corrected chi connectivity index (χ4v) is 2.16. The Bertz CT molecular complexity index is 774. The number of benzene rings is 2. The Kier molecular flexibility index (Phi) is 5.82. The largest absolute Gasteiger partial charge is 0.484 e. The Balaban J connectivity index is 2.01. The van der Waals surface area contributed by atoms with Gasteiger partial charge in [-0.25, -0.2) is 4.79 Å². The van der Waals surface area contributed by atoms with Crippen LogP contribution in [0.25, 0.3) is 0 Å². The summed E-state index contributed by atoms with van der Waals surface area (Å²) >= 11 is 5.95. The summed E-state index contributed by atoms with van der Waals surface area (Å²) < 4.78 is 10.1. The second-order valence-electron chi connectivity index (χ2n) is 5.27. The first kappa shape index (κ1) is 17.8. The molecule has 1 N–H and O–H groups in total. The zero-order chi connectivity index (χ0) is 17.7. The minimum Gasteiger partial charge on any atom is -0.484 e. The Hall–Kier alpha value is -2.53. The summed E-state index contributed by atoms with van der Waals surface area (Å²) in [6.45, 7) is 3.54. The first-order valence-corrected chi connectivity index (χ1v) is 7.66. The van der Waals surface area contributed by atoms with Crippen molar-refractivity contribution in [1.29, 1.82) is 0 Å². The normalized spacial score (nSPS) is 10.2. The molecule has 1 amide bonds. The van der Waals surface area contributed by atoms with E-state index in [2.05, 4.69) is 10.1 Å². The number of anilines is 1. The van der Waals surface area contributed by atoms with E-state index in [0.29, 0.717) is 22.0 Å². The van der Waals surface area contributed by atoms with Crippen molar-refractivity contribution < 1.29 is 19.1 Å². The highest BCUT2D eigenvalue weighted by Crippen LogP contribution is 2.21. The van der Waals surface area contributed by atoms with Crippen LogP contribution < -0.4 is 10.1 Å². The smallest absolute Gasteiger partial charge is 0.337 e. The average molecular weight is 348 g/mol. The van der Waals surface area contributed by atoms with Crippen LogP contribution in [-0.4, -0.2) is 25.6 Å². The number of carbonyl (C=O) groups is 2. The first-order valence-electron chi connectivity index (χ1n) is 7.28. The van der Waals surface area contributed by atoms with Crippen LogP contribution in [0, 0.1) is 13.8 Å². The molecule has 5 nitrogen and oxygen atoms in total. The van der Waals surface area contributed by atoms with E-state index in [4.69, 9.17) is 16.3 Å². The van der Waals surface area contributed by atoms with Crippen molar-refractivity contribution in [3.05, 3.63) is 58.1 Å². The molecule has 0 bridgehead atoms. The standard InChI is InChI=1S/C18H18ClNO4/c1-11-4-5-13(18(22)23-3)9-16(11)20-17(21)10-24-14-6-7-15(19)12(2)8-14/h4-9H,10H2,1-3H3,(H,20,21). The molecule has 0 atom stereocenters. The molecule has 0 heterocycles. The minimum atomic E-state index is -0.460. The van der Waals surface area contributed by atoms with Crippen LogP contribution in [-0.2, 0) is 9.53 Å². The number of methoxy groups -OCH3 is 1. The lowest BCUT2D eigenvalue weighted by Crippen LogP contribution is -2.21. The highest BCUT2D eigenvalue weighted by molar-refractivity contribution is 6.31. The third kappa shape index (κ3) is 4.49. The molecule has 126 valence electrons. The number of carbonyl (C=O) groups excluding carboxylic acids is 2. The molecule has 0 radical (unpaired) electrons. The predicted molar refractivity (Wildman–Crippen MR) is 92.8 cm³/mol.